The van der Waals surface area contributed by atoms with Gasteiger partial charge in [0.2, 0.25) is 0 Å². The van der Waals surface area contributed by atoms with Crippen molar-refractivity contribution in [3.05, 3.63) is 57.5 Å². The zero-order valence-corrected chi connectivity index (χ0v) is 14.4. The zero-order chi connectivity index (χ0) is 19.0. The number of carbonyl (C=O) groups is 2. The van der Waals surface area contributed by atoms with Crippen LogP contribution in [0.5, 0.6) is 0 Å². The van der Waals surface area contributed by atoms with Gasteiger partial charge in [-0.3, -0.25) is 15.1 Å². The van der Waals surface area contributed by atoms with Crippen LogP contribution in [0.3, 0.4) is 0 Å². The standard InChI is InChI=1S/C16H16N2O6S/c1-4-6-13(14(17-3)15(19)20)25-12-8-7-10(16(21)24-5-2)9-11(12)18(22)23/h4,6-9H,1,5H2,2-3H3,(H,19,20)/b13-6+,17-14?. The average molecular weight is 364 g/mol. The Hall–Kier alpha value is -2.94. The summed E-state index contributed by atoms with van der Waals surface area (Å²) in [5.41, 5.74) is -0.560. The van der Waals surface area contributed by atoms with E-state index in [-0.39, 0.29) is 33.4 Å². The number of carboxylic acids is 1. The van der Waals surface area contributed by atoms with E-state index in [4.69, 9.17) is 4.74 Å². The van der Waals surface area contributed by atoms with Gasteiger partial charge in [-0.05, 0) is 25.1 Å². The number of esters is 1. The number of carbonyl (C=O) groups excluding carboxylic acids is 1. The van der Waals surface area contributed by atoms with Crippen molar-refractivity contribution in [1.82, 2.24) is 0 Å². The Bertz CT molecular complexity index is 770. The lowest BCUT2D eigenvalue weighted by atomic mass is 10.2. The van der Waals surface area contributed by atoms with Gasteiger partial charge in [-0.25, -0.2) is 9.59 Å². The number of aliphatic carboxylic acids is 1. The molecular weight excluding hydrogens is 348 g/mol. The third-order valence-electron chi connectivity index (χ3n) is 2.82. The van der Waals surface area contributed by atoms with Crippen molar-refractivity contribution >= 4 is 35.1 Å². The molecule has 0 heterocycles. The number of hydrogen-bond donors (Lipinski definition) is 1. The Balaban J connectivity index is 3.34. The van der Waals surface area contributed by atoms with Crippen LogP contribution in [0.2, 0.25) is 0 Å². The molecule has 0 fully saturated rings. The number of aliphatic imine (C=N–C) groups is 1. The Kier molecular flexibility index (Phi) is 7.54. The zero-order valence-electron chi connectivity index (χ0n) is 13.6. The molecule has 0 atom stereocenters. The first-order valence-electron chi connectivity index (χ1n) is 7.02. The van der Waals surface area contributed by atoms with Crippen LogP contribution in [-0.2, 0) is 9.53 Å². The molecule has 0 saturated carbocycles. The number of allylic oxidation sites excluding steroid dienone is 2. The molecule has 0 aliphatic carbocycles. The molecule has 8 nitrogen and oxygen atoms in total. The van der Waals surface area contributed by atoms with Crippen LogP contribution in [0.25, 0.3) is 0 Å². The average Bonchev–Trinajstić information content (AvgIpc) is 2.55. The van der Waals surface area contributed by atoms with Crippen LogP contribution in [-0.4, -0.2) is 41.3 Å². The van der Waals surface area contributed by atoms with E-state index in [1.54, 1.807) is 6.92 Å². The smallest absolute Gasteiger partial charge is 0.355 e. The number of hydrogen-bond acceptors (Lipinski definition) is 7. The van der Waals surface area contributed by atoms with Crippen molar-refractivity contribution in [1.29, 1.82) is 0 Å². The molecule has 0 saturated heterocycles. The number of nitro benzene ring substituents is 1. The van der Waals surface area contributed by atoms with Gasteiger partial charge in [-0.2, -0.15) is 0 Å². The van der Waals surface area contributed by atoms with Gasteiger partial charge in [0.25, 0.3) is 5.69 Å². The molecule has 132 valence electrons. The topological polar surface area (TPSA) is 119 Å². The number of nitro groups is 1. The second kappa shape index (κ2) is 9.38. The van der Waals surface area contributed by atoms with Crippen molar-refractivity contribution in [3.63, 3.8) is 0 Å². The van der Waals surface area contributed by atoms with E-state index in [2.05, 4.69) is 11.6 Å². The fourth-order valence-electron chi connectivity index (χ4n) is 1.79. The summed E-state index contributed by atoms with van der Waals surface area (Å²) in [6, 6.07) is 3.83. The van der Waals surface area contributed by atoms with Gasteiger partial charge < -0.3 is 9.84 Å². The van der Waals surface area contributed by atoms with E-state index in [9.17, 15) is 24.8 Å². The molecule has 1 N–H and O–H groups in total. The molecule has 0 aliphatic rings. The van der Waals surface area contributed by atoms with Gasteiger partial charge in [0.15, 0.2) is 5.71 Å². The van der Waals surface area contributed by atoms with Gasteiger partial charge in [-0.1, -0.05) is 24.4 Å². The molecule has 1 aromatic rings. The first kappa shape index (κ1) is 20.1. The Morgan fingerprint density at radius 2 is 2.16 bits per heavy atom. The van der Waals surface area contributed by atoms with Crippen LogP contribution in [0.4, 0.5) is 5.69 Å². The minimum absolute atomic E-state index is 0.0368. The number of benzene rings is 1. The van der Waals surface area contributed by atoms with Crippen molar-refractivity contribution in [3.8, 4) is 0 Å². The summed E-state index contributed by atoms with van der Waals surface area (Å²) in [6.45, 7) is 5.27. The first-order valence-corrected chi connectivity index (χ1v) is 7.83. The van der Waals surface area contributed by atoms with E-state index >= 15 is 0 Å². The molecule has 0 spiro atoms. The Morgan fingerprint density at radius 3 is 2.64 bits per heavy atom. The van der Waals surface area contributed by atoms with Crippen LogP contribution >= 0.6 is 11.8 Å². The Morgan fingerprint density at radius 1 is 1.48 bits per heavy atom. The predicted molar refractivity (Wildman–Crippen MR) is 94.2 cm³/mol. The highest BCUT2D eigenvalue weighted by Crippen LogP contribution is 2.35. The molecule has 0 amide bonds. The normalized spacial score (nSPS) is 11.8. The second-order valence-electron chi connectivity index (χ2n) is 4.41. The molecule has 1 rings (SSSR count). The third-order valence-corrected chi connectivity index (χ3v) is 3.93. The fourth-order valence-corrected chi connectivity index (χ4v) is 2.84. The van der Waals surface area contributed by atoms with Crippen molar-refractivity contribution in [2.24, 2.45) is 4.99 Å². The number of carboxylic acid groups (broad SMARTS) is 1. The molecule has 0 unspecified atom stereocenters. The lowest BCUT2D eigenvalue weighted by Gasteiger charge is -2.08. The van der Waals surface area contributed by atoms with Crippen LogP contribution in [0.1, 0.15) is 17.3 Å². The van der Waals surface area contributed by atoms with Crippen molar-refractivity contribution in [2.45, 2.75) is 11.8 Å². The van der Waals surface area contributed by atoms with Gasteiger partial charge in [0.1, 0.15) is 0 Å². The lowest BCUT2D eigenvalue weighted by Crippen LogP contribution is -2.14. The van der Waals surface area contributed by atoms with Crippen LogP contribution in [0, 0.1) is 10.1 Å². The molecule has 1 aromatic carbocycles. The van der Waals surface area contributed by atoms with Gasteiger partial charge in [0, 0.05) is 18.0 Å². The highest BCUT2D eigenvalue weighted by Gasteiger charge is 2.23. The number of nitrogens with zero attached hydrogens (tertiary/aromatic N) is 2. The first-order chi connectivity index (χ1) is 11.8. The monoisotopic (exact) mass is 364 g/mol. The van der Waals surface area contributed by atoms with Crippen LogP contribution < -0.4 is 0 Å². The van der Waals surface area contributed by atoms with E-state index in [1.165, 1.54) is 31.3 Å². The highest BCUT2D eigenvalue weighted by molar-refractivity contribution is 8.04. The molecule has 0 bridgehead atoms. The molecule has 25 heavy (non-hydrogen) atoms. The molecule has 0 radical (unpaired) electrons. The highest BCUT2D eigenvalue weighted by atomic mass is 32.2. The number of thioether (sulfide) groups is 1. The summed E-state index contributed by atoms with van der Waals surface area (Å²) in [5, 5.41) is 20.5. The third kappa shape index (κ3) is 5.28. The van der Waals surface area contributed by atoms with E-state index in [1.807, 2.05) is 0 Å². The molecular formula is C16H16N2O6S. The van der Waals surface area contributed by atoms with Gasteiger partial charge in [0.05, 0.1) is 22.0 Å². The van der Waals surface area contributed by atoms with E-state index in [0.717, 1.165) is 17.8 Å². The minimum Gasteiger partial charge on any atom is -0.476 e. The fraction of sp³-hybridized carbons (Fsp3) is 0.188. The summed E-state index contributed by atoms with van der Waals surface area (Å²) in [4.78, 5) is 37.7. The predicted octanol–water partition coefficient (Wildman–Crippen LogP) is 3.09. The largest absolute Gasteiger partial charge is 0.476 e. The number of rotatable bonds is 8. The SMILES string of the molecule is C=C/C=C(/Sc1ccc(C(=O)OCC)cc1[N+](=O)[O-])C(=NC)C(=O)O. The number of ether oxygens (including phenoxy) is 1. The van der Waals surface area contributed by atoms with Crippen molar-refractivity contribution in [2.75, 3.05) is 13.7 Å². The van der Waals surface area contributed by atoms with Gasteiger partial charge >= 0.3 is 11.9 Å². The summed E-state index contributed by atoms with van der Waals surface area (Å²) < 4.78 is 4.82. The van der Waals surface area contributed by atoms with Gasteiger partial charge in [-0.15, -0.1) is 0 Å². The maximum absolute atomic E-state index is 11.7. The summed E-state index contributed by atoms with van der Waals surface area (Å²) in [5.74, 6) is -1.95. The van der Waals surface area contributed by atoms with Crippen LogP contribution in [0.15, 0.2) is 51.7 Å². The Labute approximate surface area is 148 Å². The molecule has 0 aliphatic heterocycles. The van der Waals surface area contributed by atoms with E-state index < -0.39 is 16.9 Å². The summed E-state index contributed by atoms with van der Waals surface area (Å²) in [7, 11) is 1.30. The molecule has 9 heteroatoms. The quantitative estimate of drug-likeness (QED) is 0.188. The molecule has 0 aromatic heterocycles. The minimum atomic E-state index is -1.27. The maximum atomic E-state index is 11.7. The summed E-state index contributed by atoms with van der Waals surface area (Å²) >= 11 is 0.847. The lowest BCUT2D eigenvalue weighted by molar-refractivity contribution is -0.387. The van der Waals surface area contributed by atoms with E-state index in [0.29, 0.717) is 0 Å². The maximum Gasteiger partial charge on any atom is 0.355 e. The van der Waals surface area contributed by atoms with Crippen molar-refractivity contribution < 1.29 is 24.4 Å². The second-order valence-corrected chi connectivity index (χ2v) is 5.49. The summed E-state index contributed by atoms with van der Waals surface area (Å²) in [6.07, 6.45) is 2.75.